The van der Waals surface area contributed by atoms with Crippen LogP contribution >= 0.6 is 15.9 Å². The number of hydrogen-bond acceptors (Lipinski definition) is 3. The molecule has 0 bridgehead atoms. The highest BCUT2D eigenvalue weighted by molar-refractivity contribution is 9.10. The highest BCUT2D eigenvalue weighted by atomic mass is 79.9. The summed E-state index contributed by atoms with van der Waals surface area (Å²) in [5.74, 6) is 0.714. The van der Waals surface area contributed by atoms with Crippen LogP contribution in [0.25, 0.3) is 11.4 Å². The molecular weight excluding hydrogens is 324 g/mol. The minimum absolute atomic E-state index is 0.0791. The van der Waals surface area contributed by atoms with Crippen molar-refractivity contribution in [2.45, 2.75) is 12.8 Å². The normalized spacial score (nSPS) is 10.6. The van der Waals surface area contributed by atoms with E-state index in [1.54, 1.807) is 7.11 Å². The van der Waals surface area contributed by atoms with E-state index in [2.05, 4.69) is 20.9 Å². The van der Waals surface area contributed by atoms with Crippen LogP contribution in [0.15, 0.2) is 28.9 Å². The molecule has 0 aliphatic rings. The van der Waals surface area contributed by atoms with Crippen LogP contribution in [-0.4, -0.2) is 27.7 Å². The monoisotopic (exact) mass is 338 g/mol. The quantitative estimate of drug-likeness (QED) is 0.910. The van der Waals surface area contributed by atoms with Crippen molar-refractivity contribution < 1.29 is 14.6 Å². The van der Waals surface area contributed by atoms with E-state index in [9.17, 15) is 4.79 Å². The Morgan fingerprint density at radius 2 is 2.25 bits per heavy atom. The summed E-state index contributed by atoms with van der Waals surface area (Å²) < 4.78 is 7.79. The number of carbonyl (C=O) groups is 1. The minimum Gasteiger partial charge on any atom is -0.497 e. The summed E-state index contributed by atoms with van der Waals surface area (Å²) in [5.41, 5.74) is 1.79. The first kappa shape index (κ1) is 14.6. The van der Waals surface area contributed by atoms with Gasteiger partial charge in [0.1, 0.15) is 16.2 Å². The van der Waals surface area contributed by atoms with E-state index < -0.39 is 5.97 Å². The van der Waals surface area contributed by atoms with Crippen LogP contribution in [0.3, 0.4) is 0 Å². The molecule has 0 aliphatic heterocycles. The van der Waals surface area contributed by atoms with Crippen molar-refractivity contribution in [3.05, 3.63) is 34.6 Å². The Kier molecular flexibility index (Phi) is 4.44. The van der Waals surface area contributed by atoms with E-state index in [0.29, 0.717) is 11.0 Å². The molecule has 5 nitrogen and oxygen atoms in total. The average molecular weight is 339 g/mol. The van der Waals surface area contributed by atoms with Crippen molar-refractivity contribution in [3.63, 3.8) is 0 Å². The summed E-state index contributed by atoms with van der Waals surface area (Å²) >= 11 is 3.39. The molecule has 106 valence electrons. The van der Waals surface area contributed by atoms with Crippen LogP contribution in [0.2, 0.25) is 0 Å². The van der Waals surface area contributed by atoms with Crippen molar-refractivity contribution in [1.29, 1.82) is 0 Å². The molecule has 1 aromatic carbocycles. The zero-order valence-corrected chi connectivity index (χ0v) is 12.8. The van der Waals surface area contributed by atoms with Gasteiger partial charge in [0.2, 0.25) is 0 Å². The van der Waals surface area contributed by atoms with Crippen molar-refractivity contribution in [3.8, 4) is 17.1 Å². The first-order valence-corrected chi connectivity index (χ1v) is 6.89. The molecule has 1 aromatic heterocycles. The summed E-state index contributed by atoms with van der Waals surface area (Å²) in [7, 11) is 3.50. The number of carboxylic acids is 1. The lowest BCUT2D eigenvalue weighted by atomic mass is 10.2. The largest absolute Gasteiger partial charge is 0.497 e. The molecule has 0 amide bonds. The van der Waals surface area contributed by atoms with Gasteiger partial charge in [-0.05, 0) is 28.1 Å². The summed E-state index contributed by atoms with van der Waals surface area (Å²) in [4.78, 5) is 15.2. The molecule has 0 saturated carbocycles. The Bertz CT molecular complexity index is 637. The number of aromatic nitrogens is 2. The fourth-order valence-electron chi connectivity index (χ4n) is 2.02. The van der Waals surface area contributed by atoms with Crippen LogP contribution in [0.1, 0.15) is 12.1 Å². The summed E-state index contributed by atoms with van der Waals surface area (Å²) in [6.45, 7) is 0. The predicted octanol–water partition coefficient (Wildman–Crippen LogP) is 2.88. The molecule has 0 aliphatic carbocycles. The fraction of sp³-hybridized carbons (Fsp3) is 0.286. The molecule has 0 saturated heterocycles. The molecule has 0 radical (unpaired) electrons. The Labute approximate surface area is 125 Å². The zero-order chi connectivity index (χ0) is 14.7. The maximum Gasteiger partial charge on any atom is 0.303 e. The number of rotatable bonds is 5. The summed E-state index contributed by atoms with van der Waals surface area (Å²) in [6.07, 6.45) is 0.513. The maximum atomic E-state index is 10.7. The Morgan fingerprint density at radius 1 is 1.50 bits per heavy atom. The van der Waals surface area contributed by atoms with Crippen LogP contribution in [0.5, 0.6) is 5.75 Å². The number of halogens is 1. The van der Waals surface area contributed by atoms with Gasteiger partial charge in [0.05, 0.1) is 19.2 Å². The van der Waals surface area contributed by atoms with Crippen LogP contribution in [0.4, 0.5) is 0 Å². The highest BCUT2D eigenvalue weighted by Crippen LogP contribution is 2.27. The molecule has 6 heteroatoms. The number of benzene rings is 1. The number of imidazole rings is 1. The van der Waals surface area contributed by atoms with Crippen LogP contribution < -0.4 is 4.74 Å². The first-order chi connectivity index (χ1) is 9.52. The molecule has 2 aromatic rings. The van der Waals surface area contributed by atoms with Gasteiger partial charge in [-0.25, -0.2) is 4.98 Å². The molecule has 1 heterocycles. The number of hydrogen-bond donors (Lipinski definition) is 1. The number of ether oxygens (including phenoxy) is 1. The predicted molar refractivity (Wildman–Crippen MR) is 78.9 cm³/mol. The molecule has 2 rings (SSSR count). The van der Waals surface area contributed by atoms with Crippen LogP contribution in [-0.2, 0) is 18.3 Å². The van der Waals surface area contributed by atoms with E-state index in [4.69, 9.17) is 9.84 Å². The van der Waals surface area contributed by atoms with E-state index in [-0.39, 0.29) is 6.42 Å². The zero-order valence-electron chi connectivity index (χ0n) is 11.3. The Hall–Kier alpha value is -1.82. The Morgan fingerprint density at radius 3 is 2.90 bits per heavy atom. The second kappa shape index (κ2) is 6.09. The smallest absolute Gasteiger partial charge is 0.303 e. The van der Waals surface area contributed by atoms with Crippen LogP contribution in [0, 0.1) is 0 Å². The van der Waals surface area contributed by atoms with Gasteiger partial charge in [-0.1, -0.05) is 12.1 Å². The highest BCUT2D eigenvalue weighted by Gasteiger charge is 2.15. The number of carboxylic acid groups (broad SMARTS) is 1. The Balaban J connectivity index is 2.37. The summed E-state index contributed by atoms with van der Waals surface area (Å²) in [5, 5.41) is 8.79. The van der Waals surface area contributed by atoms with Crippen molar-refractivity contribution >= 4 is 21.9 Å². The lowest BCUT2D eigenvalue weighted by molar-refractivity contribution is -0.136. The second-order valence-corrected chi connectivity index (χ2v) is 5.11. The minimum atomic E-state index is -0.818. The standard InChI is InChI=1S/C14H15BrN2O3/c1-17-11(6-7-12(18)19)13(15)16-14(17)9-4-3-5-10(8-9)20-2/h3-5,8H,6-7H2,1-2H3,(H,18,19). The van der Waals surface area contributed by atoms with Gasteiger partial charge in [0.15, 0.2) is 0 Å². The first-order valence-electron chi connectivity index (χ1n) is 6.10. The van der Waals surface area contributed by atoms with Gasteiger partial charge in [-0.3, -0.25) is 4.79 Å². The summed E-state index contributed by atoms with van der Waals surface area (Å²) in [6, 6.07) is 7.61. The van der Waals surface area contributed by atoms with Gasteiger partial charge in [0, 0.05) is 19.0 Å². The van der Waals surface area contributed by atoms with E-state index >= 15 is 0 Å². The third-order valence-electron chi connectivity index (χ3n) is 3.07. The SMILES string of the molecule is COc1cccc(-c2nc(Br)c(CCC(=O)O)n2C)c1. The van der Waals surface area contributed by atoms with Gasteiger partial charge in [-0.15, -0.1) is 0 Å². The maximum absolute atomic E-state index is 10.7. The molecule has 0 unspecified atom stereocenters. The fourth-order valence-corrected chi connectivity index (χ4v) is 2.65. The topological polar surface area (TPSA) is 64.3 Å². The third kappa shape index (κ3) is 3.01. The van der Waals surface area contributed by atoms with E-state index in [1.165, 1.54) is 0 Å². The van der Waals surface area contributed by atoms with Gasteiger partial charge < -0.3 is 14.4 Å². The third-order valence-corrected chi connectivity index (χ3v) is 3.70. The molecule has 0 atom stereocenters. The average Bonchev–Trinajstić information content (AvgIpc) is 2.72. The van der Waals surface area contributed by atoms with Crippen molar-refractivity contribution in [2.24, 2.45) is 7.05 Å². The van der Waals surface area contributed by atoms with Gasteiger partial charge in [-0.2, -0.15) is 0 Å². The van der Waals surface area contributed by atoms with Gasteiger partial charge >= 0.3 is 5.97 Å². The number of methoxy groups -OCH3 is 1. The van der Waals surface area contributed by atoms with E-state index in [0.717, 1.165) is 22.8 Å². The van der Waals surface area contributed by atoms with Crippen molar-refractivity contribution in [2.75, 3.05) is 7.11 Å². The molecule has 0 fully saturated rings. The number of nitrogens with zero attached hydrogens (tertiary/aromatic N) is 2. The van der Waals surface area contributed by atoms with Gasteiger partial charge in [0.25, 0.3) is 0 Å². The van der Waals surface area contributed by atoms with Crippen molar-refractivity contribution in [1.82, 2.24) is 9.55 Å². The second-order valence-electron chi connectivity index (χ2n) is 4.36. The molecular formula is C14H15BrN2O3. The molecule has 0 spiro atoms. The molecule has 1 N–H and O–H groups in total. The lowest BCUT2D eigenvalue weighted by Crippen LogP contribution is -2.03. The lowest BCUT2D eigenvalue weighted by Gasteiger charge is -2.06. The number of aliphatic carboxylic acids is 1. The van der Waals surface area contributed by atoms with E-state index in [1.807, 2.05) is 35.9 Å². The molecule has 20 heavy (non-hydrogen) atoms.